The van der Waals surface area contributed by atoms with Crippen molar-refractivity contribution in [2.24, 2.45) is 0 Å². The highest BCUT2D eigenvalue weighted by molar-refractivity contribution is 9.10. The van der Waals surface area contributed by atoms with Crippen LogP contribution in [0, 0.1) is 0 Å². The van der Waals surface area contributed by atoms with Crippen LogP contribution >= 0.6 is 15.9 Å². The van der Waals surface area contributed by atoms with Crippen LogP contribution in [0.2, 0.25) is 0 Å². The number of imidazole rings is 1. The second-order valence-corrected chi connectivity index (χ2v) is 10.7. The molecular formula is C34H24BrN2O2+. The Morgan fingerprint density at radius 1 is 0.744 bits per heavy atom. The van der Waals surface area contributed by atoms with Gasteiger partial charge in [-0.2, -0.15) is 0 Å². The van der Waals surface area contributed by atoms with Gasteiger partial charge in [-0.15, -0.1) is 0 Å². The minimum atomic E-state index is -0.0989. The molecule has 7 aromatic rings. The number of nitrogens with zero attached hydrogens (tertiary/aromatic N) is 2. The van der Waals surface area contributed by atoms with Crippen molar-refractivity contribution in [1.82, 2.24) is 4.57 Å². The Bertz CT molecular complexity index is 1970. The van der Waals surface area contributed by atoms with Crippen LogP contribution in [-0.2, 0) is 6.54 Å². The maximum atomic E-state index is 13.3. The zero-order chi connectivity index (χ0) is 26.3. The van der Waals surface area contributed by atoms with Gasteiger partial charge < -0.3 is 4.42 Å². The molecule has 0 spiro atoms. The topological polar surface area (TPSA) is 39.0 Å². The van der Waals surface area contributed by atoms with Crippen molar-refractivity contribution < 1.29 is 13.8 Å². The lowest BCUT2D eigenvalue weighted by atomic mass is 9.96. The highest BCUT2D eigenvalue weighted by atomic mass is 79.9. The van der Waals surface area contributed by atoms with Crippen molar-refractivity contribution in [3.05, 3.63) is 149 Å². The number of aromatic nitrogens is 2. The van der Waals surface area contributed by atoms with Crippen molar-refractivity contribution in [1.29, 1.82) is 0 Å². The molecule has 0 aliphatic rings. The van der Waals surface area contributed by atoms with Crippen LogP contribution in [-0.4, -0.2) is 10.4 Å². The van der Waals surface area contributed by atoms with Crippen LogP contribution in [0.1, 0.15) is 27.5 Å². The molecule has 0 amide bonds. The van der Waals surface area contributed by atoms with E-state index in [0.717, 1.165) is 48.6 Å². The molecule has 0 radical (unpaired) electrons. The maximum Gasteiger partial charge on any atom is 0.245 e. The van der Waals surface area contributed by atoms with Gasteiger partial charge in [-0.3, -0.25) is 4.79 Å². The number of hydrogen-bond acceptors (Lipinski definition) is 2. The Hall–Kier alpha value is -4.48. The molecule has 0 saturated carbocycles. The summed E-state index contributed by atoms with van der Waals surface area (Å²) in [4.78, 5) is 13.3. The quantitative estimate of drug-likeness (QED) is 0.149. The average molecular weight is 572 g/mol. The van der Waals surface area contributed by atoms with Gasteiger partial charge in [0.05, 0.1) is 0 Å². The van der Waals surface area contributed by atoms with Crippen LogP contribution in [0.15, 0.2) is 137 Å². The summed E-state index contributed by atoms with van der Waals surface area (Å²) < 4.78 is 11.4. The van der Waals surface area contributed by atoms with Crippen LogP contribution in [0.4, 0.5) is 0 Å². The third kappa shape index (κ3) is 4.25. The minimum absolute atomic E-state index is 0.0675. The van der Waals surface area contributed by atoms with Gasteiger partial charge in [0.1, 0.15) is 11.2 Å². The molecule has 0 N–H and O–H groups in total. The maximum absolute atomic E-state index is 13.3. The molecule has 39 heavy (non-hydrogen) atoms. The number of ketones is 1. The van der Waals surface area contributed by atoms with Crippen molar-refractivity contribution >= 4 is 54.7 Å². The summed E-state index contributed by atoms with van der Waals surface area (Å²) in [5, 5.41) is 2.20. The molecule has 188 valence electrons. The highest BCUT2D eigenvalue weighted by Gasteiger charge is 2.28. The zero-order valence-electron chi connectivity index (χ0n) is 21.0. The second kappa shape index (κ2) is 9.68. The highest BCUT2D eigenvalue weighted by Crippen LogP contribution is 2.35. The molecule has 0 saturated heterocycles. The van der Waals surface area contributed by atoms with E-state index in [0.29, 0.717) is 5.56 Å². The molecule has 2 aromatic heterocycles. The van der Waals surface area contributed by atoms with Gasteiger partial charge in [0, 0.05) is 31.9 Å². The Morgan fingerprint density at radius 2 is 1.46 bits per heavy atom. The van der Waals surface area contributed by atoms with Crippen LogP contribution < -0.4 is 4.57 Å². The largest absolute Gasteiger partial charge is 0.456 e. The Morgan fingerprint density at radius 3 is 2.31 bits per heavy atom. The Kier molecular flexibility index (Phi) is 5.86. The summed E-state index contributed by atoms with van der Waals surface area (Å²) in [6, 6.07) is 40.8. The third-order valence-electron chi connectivity index (χ3n) is 7.32. The predicted molar refractivity (Wildman–Crippen MR) is 158 cm³/mol. The van der Waals surface area contributed by atoms with Crippen LogP contribution in [0.3, 0.4) is 0 Å². The van der Waals surface area contributed by atoms with E-state index in [1.165, 1.54) is 0 Å². The summed E-state index contributed by atoms with van der Waals surface area (Å²) in [7, 11) is 0. The smallest absolute Gasteiger partial charge is 0.245 e. The zero-order valence-corrected chi connectivity index (χ0v) is 22.6. The second-order valence-electron chi connectivity index (χ2n) is 9.74. The van der Waals surface area contributed by atoms with Gasteiger partial charge in [0.2, 0.25) is 12.1 Å². The summed E-state index contributed by atoms with van der Waals surface area (Å²) in [6.07, 6.45) is 2.08. The molecule has 1 atom stereocenters. The molecule has 0 bridgehead atoms. The molecular weight excluding hydrogens is 548 g/mol. The Labute approximate surface area is 233 Å². The Balaban J connectivity index is 1.39. The first kappa shape index (κ1) is 23.6. The monoisotopic (exact) mass is 571 g/mol. The lowest BCUT2D eigenvalue weighted by molar-refractivity contribution is -0.658. The van der Waals surface area contributed by atoms with Crippen molar-refractivity contribution in [3.8, 4) is 0 Å². The van der Waals surface area contributed by atoms with Gasteiger partial charge >= 0.3 is 0 Å². The van der Waals surface area contributed by atoms with E-state index >= 15 is 0 Å². The SMILES string of the molecule is O=C(C[n+]1cn(C(c2ccccc2)c2ccc3oc4ccccc4c3c2)c2ccccc21)c1ccc(Br)cc1. The number of carbonyl (C=O) groups is 1. The number of hydrogen-bond donors (Lipinski definition) is 0. The number of para-hydroxylation sites is 3. The number of furan rings is 1. The van der Waals surface area contributed by atoms with E-state index in [1.807, 2.05) is 54.6 Å². The molecule has 4 nitrogen and oxygen atoms in total. The molecule has 0 aliphatic carbocycles. The van der Waals surface area contributed by atoms with Gasteiger partial charge in [0.25, 0.3) is 0 Å². The fourth-order valence-electron chi connectivity index (χ4n) is 5.48. The number of rotatable bonds is 6. The van der Waals surface area contributed by atoms with Crippen LogP contribution in [0.25, 0.3) is 33.0 Å². The molecule has 7 rings (SSSR count). The lowest BCUT2D eigenvalue weighted by Crippen LogP contribution is -2.37. The summed E-state index contributed by atoms with van der Waals surface area (Å²) in [5.74, 6) is 0.0675. The predicted octanol–water partition coefficient (Wildman–Crippen LogP) is 8.11. The van der Waals surface area contributed by atoms with Crippen molar-refractivity contribution in [2.45, 2.75) is 12.6 Å². The number of benzene rings is 5. The molecule has 1 unspecified atom stereocenters. The fraction of sp³-hybridized carbons (Fsp3) is 0.0588. The van der Waals surface area contributed by atoms with E-state index in [9.17, 15) is 4.79 Å². The molecule has 2 heterocycles. The van der Waals surface area contributed by atoms with Gasteiger partial charge in [-0.1, -0.05) is 94.8 Å². The summed E-state index contributed by atoms with van der Waals surface area (Å²) in [6.45, 7) is 0.252. The summed E-state index contributed by atoms with van der Waals surface area (Å²) in [5.41, 5.74) is 6.84. The number of fused-ring (bicyclic) bond motifs is 4. The van der Waals surface area contributed by atoms with E-state index in [1.54, 1.807) is 0 Å². The van der Waals surface area contributed by atoms with E-state index in [4.69, 9.17) is 4.42 Å². The van der Waals surface area contributed by atoms with Crippen LogP contribution in [0.5, 0.6) is 0 Å². The van der Waals surface area contributed by atoms with Crippen molar-refractivity contribution in [3.63, 3.8) is 0 Å². The molecule has 5 aromatic carbocycles. The number of halogens is 1. The van der Waals surface area contributed by atoms with E-state index < -0.39 is 0 Å². The first-order valence-corrected chi connectivity index (χ1v) is 13.7. The fourth-order valence-corrected chi connectivity index (χ4v) is 5.74. The van der Waals surface area contributed by atoms with Gasteiger partial charge in [-0.05, 0) is 42.5 Å². The normalized spacial score (nSPS) is 12.3. The van der Waals surface area contributed by atoms with E-state index in [2.05, 4.69) is 98.1 Å². The summed E-state index contributed by atoms with van der Waals surface area (Å²) >= 11 is 3.46. The lowest BCUT2D eigenvalue weighted by Gasteiger charge is -2.16. The number of Topliss-reactive ketones (excluding diaryl/α,β-unsaturated/α-hetero) is 1. The first-order valence-electron chi connectivity index (χ1n) is 12.9. The van der Waals surface area contributed by atoms with Crippen molar-refractivity contribution in [2.75, 3.05) is 0 Å². The third-order valence-corrected chi connectivity index (χ3v) is 7.85. The molecule has 0 fully saturated rings. The van der Waals surface area contributed by atoms with Gasteiger partial charge in [-0.25, -0.2) is 9.13 Å². The van der Waals surface area contributed by atoms with E-state index in [-0.39, 0.29) is 18.4 Å². The van der Waals surface area contributed by atoms with Gasteiger partial charge in [0.15, 0.2) is 23.6 Å². The molecule has 0 aliphatic heterocycles. The first-order chi connectivity index (χ1) is 19.2. The minimum Gasteiger partial charge on any atom is -0.456 e. The standard InChI is InChI=1S/C34H24BrN2O2/c35-26-17-14-23(15-18-26)31(38)21-36-22-37(30-12-6-5-11-29(30)36)34(24-8-2-1-3-9-24)25-16-19-33-28(20-25)27-10-4-7-13-32(27)39-33/h1-20,22,34H,21H2/q+1. The number of carbonyl (C=O) groups excluding carboxylic acids is 1. The average Bonchev–Trinajstić information content (AvgIpc) is 3.52. The molecule has 5 heteroatoms.